The molecule has 0 aliphatic heterocycles. The van der Waals surface area contributed by atoms with Crippen LogP contribution in [0, 0.1) is 0 Å². The number of halogens is 3. The molecule has 0 bridgehead atoms. The topological polar surface area (TPSA) is 9.23 Å². The normalized spacial score (nSPS) is 11.1. The average molecular weight is 265 g/mol. The van der Waals surface area contributed by atoms with Gasteiger partial charge in [-0.05, 0) is 32.0 Å². The van der Waals surface area contributed by atoms with Gasteiger partial charge in [-0.3, -0.25) is 0 Å². The summed E-state index contributed by atoms with van der Waals surface area (Å²) in [5, 5.41) is 0. The minimum Gasteiger partial charge on any atom is -0.491 e. The van der Waals surface area contributed by atoms with Crippen molar-refractivity contribution in [2.24, 2.45) is 0 Å². The molecule has 0 N–H and O–H groups in total. The van der Waals surface area contributed by atoms with Crippen LogP contribution in [0.15, 0.2) is 22.7 Å². The van der Waals surface area contributed by atoms with Gasteiger partial charge in [0.2, 0.25) is 0 Å². The van der Waals surface area contributed by atoms with E-state index in [1.807, 2.05) is 0 Å². The highest BCUT2D eigenvalue weighted by Gasteiger charge is 2.15. The van der Waals surface area contributed by atoms with Gasteiger partial charge in [0.1, 0.15) is 5.75 Å². The van der Waals surface area contributed by atoms with Gasteiger partial charge in [-0.25, -0.2) is 8.78 Å². The van der Waals surface area contributed by atoms with E-state index >= 15 is 0 Å². The van der Waals surface area contributed by atoms with Crippen LogP contribution in [0.4, 0.5) is 8.78 Å². The molecule has 0 unspecified atom stereocenters. The third kappa shape index (κ3) is 2.94. The lowest BCUT2D eigenvalue weighted by atomic mass is 10.2. The molecule has 0 fully saturated rings. The maximum absolute atomic E-state index is 12.6. The third-order valence-corrected chi connectivity index (χ3v) is 2.06. The first kappa shape index (κ1) is 11.4. The van der Waals surface area contributed by atoms with Gasteiger partial charge in [-0.1, -0.05) is 15.9 Å². The molecule has 4 heteroatoms. The van der Waals surface area contributed by atoms with Gasteiger partial charge in [0, 0.05) is 4.47 Å². The summed E-state index contributed by atoms with van der Waals surface area (Å²) in [6, 6.07) is 4.61. The van der Waals surface area contributed by atoms with Crippen LogP contribution in [0.1, 0.15) is 25.8 Å². The molecule has 0 aromatic heterocycles. The Morgan fingerprint density at radius 3 is 2.43 bits per heavy atom. The molecular formula is C10H11BrF2O. The van der Waals surface area contributed by atoms with Gasteiger partial charge in [0.15, 0.2) is 0 Å². The van der Waals surface area contributed by atoms with Crippen molar-refractivity contribution in [3.05, 3.63) is 28.2 Å². The summed E-state index contributed by atoms with van der Waals surface area (Å²) in [5.74, 6) is 0.248. The fourth-order valence-electron chi connectivity index (χ4n) is 1.05. The second-order valence-corrected chi connectivity index (χ2v) is 4.07. The van der Waals surface area contributed by atoms with E-state index in [-0.39, 0.29) is 17.4 Å². The first-order valence-corrected chi connectivity index (χ1v) is 5.04. The molecule has 0 aliphatic carbocycles. The first-order chi connectivity index (χ1) is 6.50. The van der Waals surface area contributed by atoms with Crippen molar-refractivity contribution in [1.29, 1.82) is 0 Å². The quantitative estimate of drug-likeness (QED) is 0.796. The molecular weight excluding hydrogens is 254 g/mol. The van der Waals surface area contributed by atoms with E-state index in [1.165, 1.54) is 6.07 Å². The SMILES string of the molecule is CC(C)Oc1ccc(Br)cc1C(F)F. The Morgan fingerprint density at radius 2 is 1.93 bits per heavy atom. The van der Waals surface area contributed by atoms with E-state index in [1.54, 1.807) is 26.0 Å². The number of hydrogen-bond acceptors (Lipinski definition) is 1. The molecule has 0 saturated heterocycles. The minimum absolute atomic E-state index is 0.0759. The molecule has 0 amide bonds. The number of rotatable bonds is 3. The highest BCUT2D eigenvalue weighted by molar-refractivity contribution is 9.10. The van der Waals surface area contributed by atoms with Crippen molar-refractivity contribution >= 4 is 15.9 Å². The summed E-state index contributed by atoms with van der Waals surface area (Å²) >= 11 is 3.14. The summed E-state index contributed by atoms with van der Waals surface area (Å²) in [6.45, 7) is 3.61. The van der Waals surface area contributed by atoms with Crippen LogP contribution in [0.25, 0.3) is 0 Å². The number of ether oxygens (including phenoxy) is 1. The van der Waals surface area contributed by atoms with Crippen molar-refractivity contribution in [2.75, 3.05) is 0 Å². The zero-order valence-electron chi connectivity index (χ0n) is 7.93. The minimum atomic E-state index is -2.51. The lowest BCUT2D eigenvalue weighted by Gasteiger charge is -2.13. The van der Waals surface area contributed by atoms with Crippen LogP contribution < -0.4 is 4.74 Å². The monoisotopic (exact) mass is 264 g/mol. The van der Waals surface area contributed by atoms with E-state index < -0.39 is 6.43 Å². The van der Waals surface area contributed by atoms with Gasteiger partial charge in [-0.2, -0.15) is 0 Å². The van der Waals surface area contributed by atoms with Crippen LogP contribution in [-0.4, -0.2) is 6.10 Å². The largest absolute Gasteiger partial charge is 0.491 e. The molecule has 0 atom stereocenters. The Bertz CT molecular complexity index is 313. The molecule has 0 saturated carbocycles. The molecule has 0 aliphatic rings. The molecule has 1 aromatic carbocycles. The zero-order valence-corrected chi connectivity index (χ0v) is 9.51. The van der Waals surface area contributed by atoms with Crippen molar-refractivity contribution in [3.8, 4) is 5.75 Å². The van der Waals surface area contributed by atoms with Crippen LogP contribution >= 0.6 is 15.9 Å². The molecule has 1 nitrogen and oxygen atoms in total. The highest BCUT2D eigenvalue weighted by atomic mass is 79.9. The molecule has 1 aromatic rings. The predicted octanol–water partition coefficient (Wildman–Crippen LogP) is 4.17. The molecule has 0 heterocycles. The number of alkyl halides is 2. The van der Waals surface area contributed by atoms with E-state index in [4.69, 9.17) is 4.74 Å². The Hall–Kier alpha value is -0.640. The number of hydrogen-bond donors (Lipinski definition) is 0. The van der Waals surface area contributed by atoms with E-state index in [9.17, 15) is 8.78 Å². The molecule has 0 spiro atoms. The maximum atomic E-state index is 12.6. The maximum Gasteiger partial charge on any atom is 0.267 e. The van der Waals surface area contributed by atoms with Gasteiger partial charge < -0.3 is 4.74 Å². The van der Waals surface area contributed by atoms with Crippen LogP contribution in [-0.2, 0) is 0 Å². The Balaban J connectivity index is 3.02. The average Bonchev–Trinajstić information content (AvgIpc) is 2.07. The van der Waals surface area contributed by atoms with Gasteiger partial charge in [0.25, 0.3) is 6.43 Å². The fourth-order valence-corrected chi connectivity index (χ4v) is 1.43. The fraction of sp³-hybridized carbons (Fsp3) is 0.400. The number of benzene rings is 1. The van der Waals surface area contributed by atoms with Crippen LogP contribution in [0.5, 0.6) is 5.75 Å². The molecule has 14 heavy (non-hydrogen) atoms. The van der Waals surface area contributed by atoms with Crippen molar-refractivity contribution in [3.63, 3.8) is 0 Å². The second-order valence-electron chi connectivity index (χ2n) is 3.15. The van der Waals surface area contributed by atoms with Gasteiger partial charge in [-0.15, -0.1) is 0 Å². The first-order valence-electron chi connectivity index (χ1n) is 4.25. The smallest absolute Gasteiger partial charge is 0.267 e. The van der Waals surface area contributed by atoms with Gasteiger partial charge >= 0.3 is 0 Å². The van der Waals surface area contributed by atoms with Crippen LogP contribution in [0.3, 0.4) is 0 Å². The second kappa shape index (κ2) is 4.73. The van der Waals surface area contributed by atoms with Gasteiger partial charge in [0.05, 0.1) is 11.7 Å². The van der Waals surface area contributed by atoms with Crippen molar-refractivity contribution < 1.29 is 13.5 Å². The summed E-state index contributed by atoms with van der Waals surface area (Å²) in [6.07, 6.45) is -2.62. The van der Waals surface area contributed by atoms with Crippen LogP contribution in [0.2, 0.25) is 0 Å². The zero-order chi connectivity index (χ0) is 10.7. The van der Waals surface area contributed by atoms with E-state index in [2.05, 4.69) is 15.9 Å². The Morgan fingerprint density at radius 1 is 1.29 bits per heavy atom. The Kier molecular flexibility index (Phi) is 3.86. The van der Waals surface area contributed by atoms with E-state index in [0.29, 0.717) is 4.47 Å². The summed E-state index contributed by atoms with van der Waals surface area (Å²) < 4.78 is 31.0. The Labute approximate surface area is 90.2 Å². The molecule has 1 rings (SSSR count). The third-order valence-electron chi connectivity index (χ3n) is 1.57. The predicted molar refractivity (Wildman–Crippen MR) is 54.9 cm³/mol. The highest BCUT2D eigenvalue weighted by Crippen LogP contribution is 2.32. The lowest BCUT2D eigenvalue weighted by molar-refractivity contribution is 0.141. The molecule has 78 valence electrons. The summed E-state index contributed by atoms with van der Waals surface area (Å²) in [4.78, 5) is 0. The van der Waals surface area contributed by atoms with Crippen molar-refractivity contribution in [2.45, 2.75) is 26.4 Å². The summed E-state index contributed by atoms with van der Waals surface area (Å²) in [7, 11) is 0. The van der Waals surface area contributed by atoms with Crippen molar-refractivity contribution in [1.82, 2.24) is 0 Å². The summed E-state index contributed by atoms with van der Waals surface area (Å²) in [5.41, 5.74) is -0.0759. The molecule has 0 radical (unpaired) electrons. The lowest BCUT2D eigenvalue weighted by Crippen LogP contribution is -2.07. The standard InChI is InChI=1S/C10H11BrF2O/c1-6(2)14-9-4-3-7(11)5-8(9)10(12)13/h3-6,10H,1-2H3. The van der Waals surface area contributed by atoms with E-state index in [0.717, 1.165) is 0 Å².